The van der Waals surface area contributed by atoms with Crippen LogP contribution in [0.15, 0.2) is 60.7 Å². The van der Waals surface area contributed by atoms with Crippen LogP contribution in [0, 0.1) is 0 Å². The number of aromatic carboxylic acids is 1. The molecule has 1 amide bonds. The summed E-state index contributed by atoms with van der Waals surface area (Å²) < 4.78 is 46.8. The van der Waals surface area contributed by atoms with E-state index in [1.807, 2.05) is 4.90 Å². The maximum Gasteiger partial charge on any atom is 0.417 e. The van der Waals surface area contributed by atoms with Gasteiger partial charge in [0, 0.05) is 48.7 Å². The molecule has 1 spiro atoms. The fraction of sp³-hybridized carbons (Fsp3) is 0.286. The fourth-order valence-corrected chi connectivity index (χ4v) is 5.70. The Hall–Kier alpha value is -3.27. The van der Waals surface area contributed by atoms with E-state index in [9.17, 15) is 22.8 Å². The van der Waals surface area contributed by atoms with Gasteiger partial charge in [0.1, 0.15) is 5.60 Å². The summed E-state index contributed by atoms with van der Waals surface area (Å²) in [5.74, 6) is -1.06. The molecule has 0 unspecified atom stereocenters. The Bertz CT molecular complexity index is 1420. The third-order valence-electron chi connectivity index (χ3n) is 7.26. The first kappa shape index (κ1) is 27.3. The standard InChI is InChI=1S/C28H23Cl2F3N2O4/c29-23-4-2-1-3-20(23)19-9-10-22(28(31,32)33)24(30)21(19)15-34-13-11-27(12-14-34)16-35(26(38)39-27)18-7-5-17(6-8-18)25(36)37/h1-10H,11-16H2,(H,36,37). The van der Waals surface area contributed by atoms with E-state index < -0.39 is 29.4 Å². The quantitative estimate of drug-likeness (QED) is 0.342. The molecule has 0 radical (unpaired) electrons. The highest BCUT2D eigenvalue weighted by Crippen LogP contribution is 2.43. The molecule has 3 aromatic rings. The van der Waals surface area contributed by atoms with Crippen LogP contribution in [0.5, 0.6) is 0 Å². The SMILES string of the molecule is O=C(O)c1ccc(N2CC3(CCN(Cc4c(-c5ccccc5Cl)ccc(C(F)(F)F)c4Cl)CC3)OC2=O)cc1. The van der Waals surface area contributed by atoms with Crippen LogP contribution in [0.2, 0.25) is 10.0 Å². The predicted molar refractivity (Wildman–Crippen MR) is 141 cm³/mol. The molecule has 2 aliphatic rings. The number of piperidine rings is 1. The molecule has 2 heterocycles. The van der Waals surface area contributed by atoms with Crippen molar-refractivity contribution in [2.24, 2.45) is 0 Å². The average Bonchev–Trinajstić information content (AvgIpc) is 3.21. The smallest absolute Gasteiger partial charge is 0.417 e. The number of carboxylic acid groups (broad SMARTS) is 1. The van der Waals surface area contributed by atoms with Crippen LogP contribution in [0.4, 0.5) is 23.7 Å². The number of benzene rings is 3. The number of amides is 1. The molecule has 2 aliphatic heterocycles. The van der Waals surface area contributed by atoms with Gasteiger partial charge < -0.3 is 9.84 Å². The van der Waals surface area contributed by atoms with Gasteiger partial charge in [-0.15, -0.1) is 0 Å². The summed E-state index contributed by atoms with van der Waals surface area (Å²) >= 11 is 12.8. The number of alkyl halides is 3. The van der Waals surface area contributed by atoms with Gasteiger partial charge in [-0.05, 0) is 47.5 Å². The number of carbonyl (C=O) groups is 2. The van der Waals surface area contributed by atoms with Crippen LogP contribution in [-0.4, -0.2) is 47.3 Å². The van der Waals surface area contributed by atoms with Crippen LogP contribution in [0.3, 0.4) is 0 Å². The summed E-state index contributed by atoms with van der Waals surface area (Å²) in [5.41, 5.74) is 0.442. The van der Waals surface area contributed by atoms with Crippen LogP contribution < -0.4 is 4.90 Å². The van der Waals surface area contributed by atoms with Gasteiger partial charge in [0.15, 0.2) is 0 Å². The van der Waals surface area contributed by atoms with Crippen molar-refractivity contribution in [3.8, 4) is 11.1 Å². The van der Waals surface area contributed by atoms with Gasteiger partial charge in [0.2, 0.25) is 0 Å². The topological polar surface area (TPSA) is 70.1 Å². The van der Waals surface area contributed by atoms with Gasteiger partial charge in [0.25, 0.3) is 0 Å². The van der Waals surface area contributed by atoms with E-state index >= 15 is 0 Å². The molecule has 0 atom stereocenters. The summed E-state index contributed by atoms with van der Waals surface area (Å²) in [6.45, 7) is 1.39. The minimum atomic E-state index is -4.61. The van der Waals surface area contributed by atoms with E-state index in [2.05, 4.69) is 0 Å². The van der Waals surface area contributed by atoms with Crippen molar-refractivity contribution < 1.29 is 32.6 Å². The Labute approximate surface area is 232 Å². The highest BCUT2D eigenvalue weighted by Gasteiger charge is 2.47. The molecule has 39 heavy (non-hydrogen) atoms. The van der Waals surface area contributed by atoms with Crippen molar-refractivity contribution in [3.63, 3.8) is 0 Å². The molecule has 6 nitrogen and oxygen atoms in total. The van der Waals surface area contributed by atoms with Crippen molar-refractivity contribution >= 4 is 41.0 Å². The first-order chi connectivity index (χ1) is 18.5. The molecule has 0 bridgehead atoms. The number of hydrogen-bond donors (Lipinski definition) is 1. The summed E-state index contributed by atoms with van der Waals surface area (Å²) in [7, 11) is 0. The number of halogens is 5. The van der Waals surface area contributed by atoms with E-state index in [1.54, 1.807) is 36.4 Å². The first-order valence-electron chi connectivity index (χ1n) is 12.2. The Kier molecular flexibility index (Phi) is 7.26. The second-order valence-electron chi connectivity index (χ2n) is 9.70. The highest BCUT2D eigenvalue weighted by molar-refractivity contribution is 6.34. The number of anilines is 1. The molecule has 0 saturated carbocycles. The highest BCUT2D eigenvalue weighted by atomic mass is 35.5. The van der Waals surface area contributed by atoms with Gasteiger partial charge in [-0.3, -0.25) is 9.80 Å². The van der Waals surface area contributed by atoms with E-state index in [0.717, 1.165) is 6.07 Å². The number of carboxylic acids is 1. The molecule has 0 aliphatic carbocycles. The maximum absolute atomic E-state index is 13.7. The predicted octanol–water partition coefficient (Wildman–Crippen LogP) is 7.37. The molecule has 5 rings (SSSR count). The minimum absolute atomic E-state index is 0.110. The summed E-state index contributed by atoms with van der Waals surface area (Å²) in [6, 6.07) is 15.3. The van der Waals surface area contributed by atoms with Gasteiger partial charge >= 0.3 is 18.2 Å². The Balaban J connectivity index is 1.35. The molecule has 2 fully saturated rings. The minimum Gasteiger partial charge on any atom is -0.478 e. The fourth-order valence-electron chi connectivity index (χ4n) is 5.14. The van der Waals surface area contributed by atoms with Crippen molar-refractivity contribution in [1.82, 2.24) is 4.90 Å². The van der Waals surface area contributed by atoms with Crippen molar-refractivity contribution in [3.05, 3.63) is 87.4 Å². The third kappa shape index (κ3) is 5.44. The Morgan fingerprint density at radius 3 is 2.26 bits per heavy atom. The monoisotopic (exact) mass is 578 g/mol. The Morgan fingerprint density at radius 1 is 0.974 bits per heavy atom. The third-order valence-corrected chi connectivity index (χ3v) is 8.02. The zero-order chi connectivity index (χ0) is 27.9. The summed E-state index contributed by atoms with van der Waals surface area (Å²) in [6.07, 6.45) is -4.18. The zero-order valence-electron chi connectivity index (χ0n) is 20.5. The van der Waals surface area contributed by atoms with Crippen LogP contribution >= 0.6 is 23.2 Å². The lowest BCUT2D eigenvalue weighted by atomic mass is 9.90. The normalized spacial score (nSPS) is 17.5. The lowest BCUT2D eigenvalue weighted by Gasteiger charge is -2.38. The summed E-state index contributed by atoms with van der Waals surface area (Å²) in [5, 5.41) is 9.16. The largest absolute Gasteiger partial charge is 0.478 e. The van der Waals surface area contributed by atoms with Gasteiger partial charge in [0.05, 0.1) is 22.7 Å². The number of hydrogen-bond acceptors (Lipinski definition) is 4. The van der Waals surface area contributed by atoms with Crippen LogP contribution in [0.25, 0.3) is 11.1 Å². The molecular weight excluding hydrogens is 556 g/mol. The van der Waals surface area contributed by atoms with Crippen LogP contribution in [-0.2, 0) is 17.5 Å². The Morgan fingerprint density at radius 2 is 1.64 bits per heavy atom. The lowest BCUT2D eigenvalue weighted by molar-refractivity contribution is -0.137. The first-order valence-corrected chi connectivity index (χ1v) is 12.9. The molecule has 0 aromatic heterocycles. The molecule has 204 valence electrons. The molecule has 2 saturated heterocycles. The van der Waals surface area contributed by atoms with Crippen molar-refractivity contribution in [2.45, 2.75) is 31.2 Å². The van der Waals surface area contributed by atoms with Gasteiger partial charge in [-0.25, -0.2) is 9.59 Å². The van der Waals surface area contributed by atoms with E-state index in [1.165, 1.54) is 23.1 Å². The molecule has 3 aromatic carbocycles. The second-order valence-corrected chi connectivity index (χ2v) is 10.5. The number of rotatable bonds is 5. The molecule has 1 N–H and O–H groups in total. The van der Waals surface area contributed by atoms with E-state index in [0.29, 0.717) is 59.9 Å². The van der Waals surface area contributed by atoms with Crippen molar-refractivity contribution in [1.29, 1.82) is 0 Å². The van der Waals surface area contributed by atoms with E-state index in [-0.39, 0.29) is 17.1 Å². The lowest BCUT2D eigenvalue weighted by Crippen LogP contribution is -2.46. The van der Waals surface area contributed by atoms with Gasteiger partial charge in [-0.1, -0.05) is 47.5 Å². The number of carbonyl (C=O) groups excluding carboxylic acids is 1. The van der Waals surface area contributed by atoms with Crippen LogP contribution in [0.1, 0.15) is 34.3 Å². The summed E-state index contributed by atoms with van der Waals surface area (Å²) in [4.78, 5) is 27.3. The average molecular weight is 579 g/mol. The number of likely N-dealkylation sites (tertiary alicyclic amines) is 1. The van der Waals surface area contributed by atoms with Gasteiger partial charge in [-0.2, -0.15) is 13.2 Å². The maximum atomic E-state index is 13.7. The van der Waals surface area contributed by atoms with E-state index in [4.69, 9.17) is 33.0 Å². The van der Waals surface area contributed by atoms with Crippen molar-refractivity contribution in [2.75, 3.05) is 24.5 Å². The molecule has 11 heteroatoms. The second kappa shape index (κ2) is 10.4. The zero-order valence-corrected chi connectivity index (χ0v) is 22.0. The molecular formula is C28H23Cl2F3N2O4. The number of nitrogens with zero attached hydrogens (tertiary/aromatic N) is 2. The number of ether oxygens (including phenoxy) is 1.